The van der Waals surface area contributed by atoms with Gasteiger partial charge in [0.15, 0.2) is 0 Å². The Bertz CT molecular complexity index is 1060. The number of benzene rings is 2. The minimum absolute atomic E-state index is 0.0670. The number of amides is 1. The molecule has 0 saturated carbocycles. The number of halogens is 1. The van der Waals surface area contributed by atoms with Gasteiger partial charge in [0.2, 0.25) is 5.88 Å². The summed E-state index contributed by atoms with van der Waals surface area (Å²) in [5.74, 6) is 1.07. The maximum atomic E-state index is 12.2. The number of cyclic esters (lactones) is 1. The van der Waals surface area contributed by atoms with Crippen molar-refractivity contribution in [2.24, 2.45) is 0 Å². The fourth-order valence-electron chi connectivity index (χ4n) is 3.54. The molecular formula is C24H23ClN2O5. The summed E-state index contributed by atoms with van der Waals surface area (Å²) in [4.78, 5) is 17.9. The molecular weight excluding hydrogens is 432 g/mol. The van der Waals surface area contributed by atoms with Crippen molar-refractivity contribution in [1.29, 1.82) is 0 Å². The highest BCUT2D eigenvalue weighted by molar-refractivity contribution is 6.30. The molecule has 166 valence electrons. The van der Waals surface area contributed by atoms with Crippen LogP contribution in [0.2, 0.25) is 5.02 Å². The van der Waals surface area contributed by atoms with Gasteiger partial charge < -0.3 is 19.7 Å². The Balaban J connectivity index is 1.38. The van der Waals surface area contributed by atoms with Gasteiger partial charge in [0.25, 0.3) is 0 Å². The summed E-state index contributed by atoms with van der Waals surface area (Å²) in [6, 6.07) is 17.7. The highest BCUT2D eigenvalue weighted by Gasteiger charge is 2.34. The van der Waals surface area contributed by atoms with Gasteiger partial charge in [0.1, 0.15) is 12.4 Å². The fraction of sp³-hybridized carbons (Fsp3) is 0.250. The van der Waals surface area contributed by atoms with E-state index in [9.17, 15) is 9.90 Å². The molecule has 0 unspecified atom stereocenters. The summed E-state index contributed by atoms with van der Waals surface area (Å²) in [7, 11) is 0. The number of hydrogen-bond acceptors (Lipinski definition) is 6. The topological polar surface area (TPSA) is 92.1 Å². The number of nitrogens with zero attached hydrogens (tertiary/aromatic N) is 2. The van der Waals surface area contributed by atoms with E-state index in [1.807, 2.05) is 24.3 Å². The second-order valence-corrected chi connectivity index (χ2v) is 8.00. The van der Waals surface area contributed by atoms with Gasteiger partial charge in [-0.3, -0.25) is 4.90 Å². The van der Waals surface area contributed by atoms with Crippen LogP contribution in [0.15, 0.2) is 66.9 Å². The van der Waals surface area contributed by atoms with Gasteiger partial charge in [-0.25, -0.2) is 9.78 Å². The lowest BCUT2D eigenvalue weighted by atomic mass is 10.0. The van der Waals surface area contributed by atoms with Crippen molar-refractivity contribution in [1.82, 2.24) is 9.88 Å². The molecule has 1 aromatic heterocycles. The Morgan fingerprint density at radius 2 is 1.94 bits per heavy atom. The van der Waals surface area contributed by atoms with Gasteiger partial charge in [0, 0.05) is 17.3 Å². The van der Waals surface area contributed by atoms with Crippen LogP contribution in [-0.2, 0) is 17.8 Å². The number of carbonyl (C=O) groups excluding carboxylic acids is 1. The highest BCUT2D eigenvalue weighted by Crippen LogP contribution is 2.25. The van der Waals surface area contributed by atoms with Crippen molar-refractivity contribution in [3.05, 3.63) is 88.6 Å². The first-order chi connectivity index (χ1) is 15.5. The first kappa shape index (κ1) is 22.1. The Labute approximate surface area is 190 Å². The Morgan fingerprint density at radius 1 is 1.16 bits per heavy atom. The lowest BCUT2D eigenvalue weighted by molar-refractivity contribution is 0.110. The minimum atomic E-state index is -0.859. The smallest absolute Gasteiger partial charge is 0.410 e. The normalized spacial score (nSPS) is 16.7. The van der Waals surface area contributed by atoms with Gasteiger partial charge in [-0.05, 0) is 53.4 Å². The van der Waals surface area contributed by atoms with Crippen LogP contribution in [0.5, 0.6) is 11.6 Å². The zero-order chi connectivity index (χ0) is 22.5. The van der Waals surface area contributed by atoms with Crippen LogP contribution in [-0.4, -0.2) is 45.4 Å². The van der Waals surface area contributed by atoms with Crippen molar-refractivity contribution in [3.63, 3.8) is 0 Å². The molecule has 2 heterocycles. The van der Waals surface area contributed by atoms with Crippen LogP contribution in [0.25, 0.3) is 0 Å². The van der Waals surface area contributed by atoms with E-state index in [-0.39, 0.29) is 25.8 Å². The lowest BCUT2D eigenvalue weighted by Gasteiger charge is -2.24. The van der Waals surface area contributed by atoms with Crippen molar-refractivity contribution in [2.45, 2.75) is 25.2 Å². The first-order valence-corrected chi connectivity index (χ1v) is 10.6. The number of carbonyl (C=O) groups is 1. The largest absolute Gasteiger partial charge is 0.447 e. The number of pyridine rings is 1. The van der Waals surface area contributed by atoms with Crippen LogP contribution in [0.4, 0.5) is 4.79 Å². The molecule has 32 heavy (non-hydrogen) atoms. The third-order valence-corrected chi connectivity index (χ3v) is 5.51. The number of rotatable bonds is 8. The van der Waals surface area contributed by atoms with Crippen LogP contribution in [0.1, 0.15) is 22.8 Å². The predicted molar refractivity (Wildman–Crippen MR) is 119 cm³/mol. The van der Waals surface area contributed by atoms with E-state index >= 15 is 0 Å². The number of β-amino-alcohol motifs (C(OH)–C–C–N with tert-alkyl or cyclic N) is 1. The van der Waals surface area contributed by atoms with Crippen LogP contribution in [0, 0.1) is 0 Å². The van der Waals surface area contributed by atoms with Gasteiger partial charge >= 0.3 is 6.09 Å². The second kappa shape index (κ2) is 9.99. The van der Waals surface area contributed by atoms with Crippen molar-refractivity contribution >= 4 is 17.7 Å². The lowest BCUT2D eigenvalue weighted by Crippen LogP contribution is -2.38. The average Bonchev–Trinajstić information content (AvgIpc) is 3.14. The molecule has 4 rings (SSSR count). The molecule has 0 radical (unpaired) electrons. The fourth-order valence-corrected chi connectivity index (χ4v) is 3.74. The quantitative estimate of drug-likeness (QED) is 0.532. The summed E-state index contributed by atoms with van der Waals surface area (Å²) < 4.78 is 11.0. The van der Waals surface area contributed by atoms with E-state index in [1.165, 1.54) is 0 Å². The SMILES string of the molecule is O=C1OC[C@H](Cc2ccc(Oc3ccc(CO)cn3)cc2)N1C[C@H](O)c1cccc(Cl)c1. The molecule has 8 heteroatoms. The summed E-state index contributed by atoms with van der Waals surface area (Å²) in [5, 5.41) is 20.2. The van der Waals surface area contributed by atoms with Gasteiger partial charge in [-0.1, -0.05) is 35.9 Å². The Hall–Kier alpha value is -3.13. The molecule has 2 atom stereocenters. The molecule has 1 aliphatic rings. The number of aliphatic hydroxyl groups excluding tert-OH is 2. The molecule has 3 aromatic rings. The Morgan fingerprint density at radius 3 is 2.62 bits per heavy atom. The van der Waals surface area contributed by atoms with Crippen LogP contribution >= 0.6 is 11.6 Å². The molecule has 0 bridgehead atoms. The van der Waals surface area contributed by atoms with E-state index in [4.69, 9.17) is 26.2 Å². The minimum Gasteiger partial charge on any atom is -0.447 e. The van der Waals surface area contributed by atoms with E-state index in [0.717, 1.165) is 5.56 Å². The Kier molecular flexibility index (Phi) is 6.90. The van der Waals surface area contributed by atoms with Crippen molar-refractivity contribution < 1.29 is 24.5 Å². The molecule has 1 saturated heterocycles. The number of ether oxygens (including phenoxy) is 2. The van der Waals surface area contributed by atoms with E-state index in [1.54, 1.807) is 47.5 Å². The van der Waals surface area contributed by atoms with E-state index in [2.05, 4.69) is 4.98 Å². The monoisotopic (exact) mass is 454 g/mol. The zero-order valence-corrected chi connectivity index (χ0v) is 18.0. The zero-order valence-electron chi connectivity index (χ0n) is 17.2. The van der Waals surface area contributed by atoms with Gasteiger partial charge in [-0.15, -0.1) is 0 Å². The highest BCUT2D eigenvalue weighted by atomic mass is 35.5. The van der Waals surface area contributed by atoms with Crippen LogP contribution in [0.3, 0.4) is 0 Å². The number of hydrogen-bond donors (Lipinski definition) is 2. The predicted octanol–water partition coefficient (Wildman–Crippen LogP) is 4.12. The molecule has 1 aliphatic heterocycles. The average molecular weight is 455 g/mol. The summed E-state index contributed by atoms with van der Waals surface area (Å²) >= 11 is 6.01. The number of aromatic nitrogens is 1. The van der Waals surface area contributed by atoms with Gasteiger partial charge in [0.05, 0.1) is 25.3 Å². The third kappa shape index (κ3) is 5.37. The summed E-state index contributed by atoms with van der Waals surface area (Å²) in [6.07, 6.45) is 0.848. The van der Waals surface area contributed by atoms with Gasteiger partial charge in [-0.2, -0.15) is 0 Å². The first-order valence-electron chi connectivity index (χ1n) is 10.2. The molecule has 1 amide bonds. The molecule has 2 aromatic carbocycles. The van der Waals surface area contributed by atoms with E-state index < -0.39 is 12.2 Å². The van der Waals surface area contributed by atoms with Crippen molar-refractivity contribution in [2.75, 3.05) is 13.2 Å². The standard InChI is InChI=1S/C24H23ClN2O5/c25-19-3-1-2-18(11-19)22(29)13-27-20(15-31-24(27)30)10-16-4-7-21(8-5-16)32-23-9-6-17(14-28)12-26-23/h1-9,11-12,20,22,28-29H,10,13-15H2/t20-,22-/m0/s1. The molecule has 1 fully saturated rings. The molecule has 0 spiro atoms. The van der Waals surface area contributed by atoms with E-state index in [0.29, 0.717) is 34.2 Å². The molecule has 0 aliphatic carbocycles. The van der Waals surface area contributed by atoms with Crippen molar-refractivity contribution in [3.8, 4) is 11.6 Å². The maximum absolute atomic E-state index is 12.2. The molecule has 7 nitrogen and oxygen atoms in total. The summed E-state index contributed by atoms with van der Waals surface area (Å²) in [6.45, 7) is 0.323. The maximum Gasteiger partial charge on any atom is 0.410 e. The summed E-state index contributed by atoms with van der Waals surface area (Å²) in [5.41, 5.74) is 2.37. The van der Waals surface area contributed by atoms with Crippen LogP contribution < -0.4 is 4.74 Å². The third-order valence-electron chi connectivity index (χ3n) is 5.27. The molecule has 2 N–H and O–H groups in total. The second-order valence-electron chi connectivity index (χ2n) is 7.57. The number of aliphatic hydroxyl groups is 2.